The van der Waals surface area contributed by atoms with Crippen molar-refractivity contribution in [1.29, 1.82) is 0 Å². The van der Waals surface area contributed by atoms with E-state index in [1.54, 1.807) is 13.3 Å². The van der Waals surface area contributed by atoms with Crippen LogP contribution in [-0.4, -0.2) is 30.8 Å². The van der Waals surface area contributed by atoms with Gasteiger partial charge in [-0.05, 0) is 47.5 Å². The van der Waals surface area contributed by atoms with Crippen molar-refractivity contribution in [2.24, 2.45) is 0 Å². The molecule has 4 aromatic rings. The molecule has 4 rings (SSSR count). The number of rotatable bonds is 7. The Hall–Kier alpha value is -3.49. The van der Waals surface area contributed by atoms with Crippen molar-refractivity contribution in [2.45, 2.75) is 17.9 Å². The summed E-state index contributed by atoms with van der Waals surface area (Å²) in [6, 6.07) is 21.0. The fourth-order valence-electron chi connectivity index (χ4n) is 3.41. The van der Waals surface area contributed by atoms with E-state index in [4.69, 9.17) is 0 Å². The number of aromatic amines is 1. The van der Waals surface area contributed by atoms with Gasteiger partial charge in [-0.3, -0.25) is 4.79 Å². The minimum absolute atomic E-state index is 0.121. The summed E-state index contributed by atoms with van der Waals surface area (Å²) >= 11 is 0. The zero-order valence-corrected chi connectivity index (χ0v) is 17.7. The van der Waals surface area contributed by atoms with Crippen LogP contribution in [0.4, 0.5) is 0 Å². The van der Waals surface area contributed by atoms with Crippen molar-refractivity contribution in [2.75, 3.05) is 6.54 Å². The molecule has 31 heavy (non-hydrogen) atoms. The summed E-state index contributed by atoms with van der Waals surface area (Å²) in [5, 5.41) is 3.07. The lowest BCUT2D eigenvalue weighted by Crippen LogP contribution is -2.29. The molecule has 0 spiro atoms. The third-order valence-electron chi connectivity index (χ3n) is 4.95. The van der Waals surface area contributed by atoms with E-state index in [9.17, 15) is 13.2 Å². The van der Waals surface area contributed by atoms with Gasteiger partial charge in [-0.25, -0.2) is 18.1 Å². The number of imidazole rings is 1. The molecule has 158 valence electrons. The van der Waals surface area contributed by atoms with Crippen LogP contribution in [0.15, 0.2) is 84.0 Å². The van der Waals surface area contributed by atoms with Gasteiger partial charge in [0.2, 0.25) is 10.0 Å². The normalized spacial score (nSPS) is 12.5. The standard InChI is InChI=1S/C23H22N4O3S/c1-2-26-31(29,30)19-11-8-17(9-12-19)23(28)27-22(16-6-4-3-5-7-16)18-10-13-20-21(14-18)25-15-24-20/h3-15,22,26H,2H2,1H3,(H,24,25)(H,27,28). The number of hydrogen-bond donors (Lipinski definition) is 3. The van der Waals surface area contributed by atoms with Crippen LogP contribution in [0.25, 0.3) is 11.0 Å². The van der Waals surface area contributed by atoms with Crippen molar-refractivity contribution < 1.29 is 13.2 Å². The van der Waals surface area contributed by atoms with Crippen molar-refractivity contribution >= 4 is 27.0 Å². The number of amides is 1. The molecule has 0 bridgehead atoms. The third-order valence-corrected chi connectivity index (χ3v) is 6.51. The van der Waals surface area contributed by atoms with Gasteiger partial charge in [0.05, 0.1) is 28.3 Å². The minimum Gasteiger partial charge on any atom is -0.345 e. The van der Waals surface area contributed by atoms with Gasteiger partial charge in [-0.2, -0.15) is 0 Å². The number of carbonyl (C=O) groups excluding carboxylic acids is 1. The zero-order valence-electron chi connectivity index (χ0n) is 16.9. The lowest BCUT2D eigenvalue weighted by Gasteiger charge is -2.20. The Balaban J connectivity index is 1.63. The molecule has 1 heterocycles. The molecular weight excluding hydrogens is 412 g/mol. The molecule has 1 unspecified atom stereocenters. The Labute approximate surface area is 180 Å². The quantitative estimate of drug-likeness (QED) is 0.415. The van der Waals surface area contributed by atoms with Gasteiger partial charge in [-0.1, -0.05) is 43.3 Å². The van der Waals surface area contributed by atoms with Crippen LogP contribution in [0.5, 0.6) is 0 Å². The van der Waals surface area contributed by atoms with Crippen LogP contribution < -0.4 is 10.0 Å². The molecular formula is C23H22N4O3S. The first-order valence-corrected chi connectivity index (χ1v) is 11.3. The third kappa shape index (κ3) is 4.50. The highest BCUT2D eigenvalue weighted by Crippen LogP contribution is 2.25. The highest BCUT2D eigenvalue weighted by atomic mass is 32.2. The number of sulfonamides is 1. The molecule has 8 heteroatoms. The molecule has 0 radical (unpaired) electrons. The second-order valence-electron chi connectivity index (χ2n) is 7.02. The predicted octanol–water partition coefficient (Wildman–Crippen LogP) is 3.38. The SMILES string of the molecule is CCNS(=O)(=O)c1ccc(C(=O)NC(c2ccccc2)c2ccc3nc[nH]c3c2)cc1. The molecule has 0 fully saturated rings. The fraction of sp³-hybridized carbons (Fsp3) is 0.130. The van der Waals surface area contributed by atoms with E-state index in [1.165, 1.54) is 24.3 Å². The highest BCUT2D eigenvalue weighted by Gasteiger charge is 2.19. The first kappa shape index (κ1) is 20.8. The summed E-state index contributed by atoms with van der Waals surface area (Å²) in [6.07, 6.45) is 1.63. The summed E-state index contributed by atoms with van der Waals surface area (Å²) in [4.78, 5) is 20.5. The van der Waals surface area contributed by atoms with Gasteiger partial charge in [0.1, 0.15) is 0 Å². The van der Waals surface area contributed by atoms with E-state index in [0.29, 0.717) is 12.1 Å². The van der Waals surface area contributed by atoms with Crippen molar-refractivity contribution in [1.82, 2.24) is 20.0 Å². The molecule has 0 saturated carbocycles. The zero-order chi connectivity index (χ0) is 21.8. The van der Waals surface area contributed by atoms with Gasteiger partial charge >= 0.3 is 0 Å². The molecule has 7 nitrogen and oxygen atoms in total. The summed E-state index contributed by atoms with van der Waals surface area (Å²) in [7, 11) is -3.57. The number of nitrogens with zero attached hydrogens (tertiary/aromatic N) is 1. The largest absolute Gasteiger partial charge is 0.345 e. The van der Waals surface area contributed by atoms with Gasteiger partial charge in [0.25, 0.3) is 5.91 Å². The smallest absolute Gasteiger partial charge is 0.252 e. The minimum atomic E-state index is -3.57. The van der Waals surface area contributed by atoms with E-state index >= 15 is 0 Å². The maximum Gasteiger partial charge on any atom is 0.252 e. The maximum absolute atomic E-state index is 13.0. The van der Waals surface area contributed by atoms with Crippen molar-refractivity contribution in [3.63, 3.8) is 0 Å². The summed E-state index contributed by atoms with van der Waals surface area (Å²) in [5.41, 5.74) is 3.94. The second-order valence-corrected chi connectivity index (χ2v) is 8.79. The van der Waals surface area contributed by atoms with E-state index in [-0.39, 0.29) is 16.8 Å². The Morgan fingerprint density at radius 2 is 1.74 bits per heavy atom. The summed E-state index contributed by atoms with van der Waals surface area (Å²) in [6.45, 7) is 2.01. The average molecular weight is 435 g/mol. The lowest BCUT2D eigenvalue weighted by atomic mass is 9.97. The Kier molecular flexibility index (Phi) is 5.83. The number of H-pyrrole nitrogens is 1. The van der Waals surface area contributed by atoms with Gasteiger partial charge in [-0.15, -0.1) is 0 Å². The Morgan fingerprint density at radius 1 is 1.00 bits per heavy atom. The van der Waals surface area contributed by atoms with Crippen LogP contribution in [-0.2, 0) is 10.0 Å². The highest BCUT2D eigenvalue weighted by molar-refractivity contribution is 7.89. The van der Waals surface area contributed by atoms with Gasteiger partial charge in [0, 0.05) is 12.1 Å². The van der Waals surface area contributed by atoms with E-state index in [0.717, 1.165) is 22.2 Å². The van der Waals surface area contributed by atoms with E-state index in [1.807, 2.05) is 48.5 Å². The van der Waals surface area contributed by atoms with Crippen molar-refractivity contribution in [3.05, 3.63) is 95.8 Å². The number of aromatic nitrogens is 2. The monoisotopic (exact) mass is 434 g/mol. The lowest BCUT2D eigenvalue weighted by molar-refractivity contribution is 0.0943. The molecule has 3 N–H and O–H groups in total. The predicted molar refractivity (Wildman–Crippen MR) is 119 cm³/mol. The average Bonchev–Trinajstić information content (AvgIpc) is 3.26. The first-order valence-electron chi connectivity index (χ1n) is 9.86. The van der Waals surface area contributed by atoms with E-state index < -0.39 is 10.0 Å². The fourth-order valence-corrected chi connectivity index (χ4v) is 4.45. The van der Waals surface area contributed by atoms with Crippen LogP contribution in [0.1, 0.15) is 34.5 Å². The number of hydrogen-bond acceptors (Lipinski definition) is 4. The summed E-state index contributed by atoms with van der Waals surface area (Å²) in [5.74, 6) is -0.300. The van der Waals surface area contributed by atoms with Crippen LogP contribution in [0.3, 0.4) is 0 Å². The van der Waals surface area contributed by atoms with Crippen LogP contribution >= 0.6 is 0 Å². The molecule has 1 amide bonds. The van der Waals surface area contributed by atoms with Crippen molar-refractivity contribution in [3.8, 4) is 0 Å². The molecule has 1 aromatic heterocycles. The number of benzene rings is 3. The van der Waals surface area contributed by atoms with Gasteiger partial charge in [0.15, 0.2) is 0 Å². The summed E-state index contributed by atoms with van der Waals surface area (Å²) < 4.78 is 26.7. The van der Waals surface area contributed by atoms with Crippen LogP contribution in [0.2, 0.25) is 0 Å². The number of fused-ring (bicyclic) bond motifs is 1. The maximum atomic E-state index is 13.0. The Bertz CT molecular complexity index is 1300. The van der Waals surface area contributed by atoms with Crippen LogP contribution in [0, 0.1) is 0 Å². The molecule has 0 aliphatic carbocycles. The van der Waals surface area contributed by atoms with Gasteiger partial charge < -0.3 is 10.3 Å². The molecule has 1 atom stereocenters. The molecule has 0 aliphatic heterocycles. The topological polar surface area (TPSA) is 104 Å². The second kappa shape index (κ2) is 8.71. The first-order chi connectivity index (χ1) is 15.0. The molecule has 0 aliphatic rings. The molecule has 0 saturated heterocycles. The molecule has 3 aromatic carbocycles. The number of nitrogens with one attached hydrogen (secondary N) is 3. The Morgan fingerprint density at radius 3 is 2.45 bits per heavy atom. The van der Waals surface area contributed by atoms with E-state index in [2.05, 4.69) is 20.0 Å². The number of carbonyl (C=O) groups is 1.